The molecular formula is C9H8F3I. The van der Waals surface area contributed by atoms with Gasteiger partial charge in [-0.25, -0.2) is 0 Å². The minimum atomic E-state index is -4.24. The fourth-order valence-electron chi connectivity index (χ4n) is 1.09. The molecule has 0 unspecified atom stereocenters. The van der Waals surface area contributed by atoms with Crippen molar-refractivity contribution in [3.8, 4) is 0 Å². The van der Waals surface area contributed by atoms with Gasteiger partial charge in [0, 0.05) is 3.57 Å². The molecule has 0 spiro atoms. The van der Waals surface area contributed by atoms with E-state index in [-0.39, 0.29) is 0 Å². The molecule has 0 bridgehead atoms. The van der Waals surface area contributed by atoms with Crippen LogP contribution in [0.3, 0.4) is 0 Å². The van der Waals surface area contributed by atoms with Gasteiger partial charge in [0.1, 0.15) is 0 Å². The number of alkyl halides is 3. The molecule has 0 radical (unpaired) electrons. The normalized spacial score (nSPS) is 11.8. The van der Waals surface area contributed by atoms with Crippen molar-refractivity contribution in [1.82, 2.24) is 0 Å². The molecule has 0 nitrogen and oxygen atoms in total. The maximum atomic E-state index is 12.4. The van der Waals surface area contributed by atoms with E-state index in [9.17, 15) is 13.2 Å². The third-order valence-electron chi connectivity index (χ3n) is 2.03. The fraction of sp³-hybridized carbons (Fsp3) is 0.333. The van der Waals surface area contributed by atoms with Gasteiger partial charge in [-0.05, 0) is 59.7 Å². The van der Waals surface area contributed by atoms with E-state index in [0.29, 0.717) is 11.1 Å². The quantitative estimate of drug-likeness (QED) is 0.637. The second kappa shape index (κ2) is 3.48. The summed E-state index contributed by atoms with van der Waals surface area (Å²) in [4.78, 5) is 0. The first-order chi connectivity index (χ1) is 5.84. The van der Waals surface area contributed by atoms with E-state index < -0.39 is 11.7 Å². The second-order valence-electron chi connectivity index (χ2n) is 2.84. The fourth-order valence-corrected chi connectivity index (χ4v) is 1.68. The lowest BCUT2D eigenvalue weighted by Crippen LogP contribution is -2.08. The summed E-state index contributed by atoms with van der Waals surface area (Å²) < 4.78 is 37.9. The van der Waals surface area contributed by atoms with Gasteiger partial charge in [0.25, 0.3) is 0 Å². The molecule has 0 saturated heterocycles. The summed E-state index contributed by atoms with van der Waals surface area (Å²) in [6.07, 6.45) is -4.24. The Morgan fingerprint density at radius 3 is 2.08 bits per heavy atom. The second-order valence-corrected chi connectivity index (χ2v) is 4.00. The van der Waals surface area contributed by atoms with E-state index in [1.807, 2.05) is 22.6 Å². The van der Waals surface area contributed by atoms with Crippen molar-refractivity contribution in [3.63, 3.8) is 0 Å². The first kappa shape index (κ1) is 10.8. The topological polar surface area (TPSA) is 0 Å². The highest BCUT2D eigenvalue weighted by Crippen LogP contribution is 2.33. The van der Waals surface area contributed by atoms with Gasteiger partial charge in [0.2, 0.25) is 0 Å². The molecule has 0 aliphatic heterocycles. The Hall–Kier alpha value is -0.260. The van der Waals surface area contributed by atoms with E-state index in [4.69, 9.17) is 0 Å². The van der Waals surface area contributed by atoms with Crippen molar-refractivity contribution >= 4 is 22.6 Å². The molecule has 0 N–H and O–H groups in total. The molecule has 1 aromatic carbocycles. The van der Waals surface area contributed by atoms with Crippen molar-refractivity contribution in [3.05, 3.63) is 32.4 Å². The third kappa shape index (κ3) is 2.15. The van der Waals surface area contributed by atoms with Gasteiger partial charge in [-0.3, -0.25) is 0 Å². The van der Waals surface area contributed by atoms with E-state index in [1.54, 1.807) is 6.92 Å². The average Bonchev–Trinajstić information content (AvgIpc) is 1.98. The lowest BCUT2D eigenvalue weighted by atomic mass is 10.0. The first-order valence-electron chi connectivity index (χ1n) is 3.67. The molecule has 0 aromatic heterocycles. The van der Waals surface area contributed by atoms with Crippen molar-refractivity contribution in [2.75, 3.05) is 0 Å². The zero-order valence-electron chi connectivity index (χ0n) is 7.17. The van der Waals surface area contributed by atoms with Gasteiger partial charge < -0.3 is 0 Å². The van der Waals surface area contributed by atoms with Crippen LogP contribution in [-0.2, 0) is 6.18 Å². The van der Waals surface area contributed by atoms with Gasteiger partial charge in [0.05, 0.1) is 5.56 Å². The summed E-state index contributed by atoms with van der Waals surface area (Å²) in [5.74, 6) is 0. The number of benzene rings is 1. The minimum Gasteiger partial charge on any atom is -0.166 e. The first-order valence-corrected chi connectivity index (χ1v) is 4.75. The van der Waals surface area contributed by atoms with Crippen LogP contribution in [0, 0.1) is 17.4 Å². The molecular weight excluding hydrogens is 292 g/mol. The summed E-state index contributed by atoms with van der Waals surface area (Å²) in [6.45, 7) is 3.20. The Morgan fingerprint density at radius 1 is 1.08 bits per heavy atom. The molecule has 0 amide bonds. The molecule has 1 aromatic rings. The highest BCUT2D eigenvalue weighted by atomic mass is 127. The predicted molar refractivity (Wildman–Crippen MR) is 53.6 cm³/mol. The number of hydrogen-bond acceptors (Lipinski definition) is 0. The van der Waals surface area contributed by atoms with E-state index in [0.717, 1.165) is 9.64 Å². The van der Waals surface area contributed by atoms with Gasteiger partial charge in [-0.1, -0.05) is 0 Å². The van der Waals surface area contributed by atoms with Crippen molar-refractivity contribution in [1.29, 1.82) is 0 Å². The minimum absolute atomic E-state index is 0.319. The molecule has 0 atom stereocenters. The summed E-state index contributed by atoms with van der Waals surface area (Å²) in [5, 5.41) is 0. The van der Waals surface area contributed by atoms with Gasteiger partial charge in [-0.2, -0.15) is 13.2 Å². The molecule has 0 aliphatic carbocycles. The maximum absolute atomic E-state index is 12.4. The van der Waals surface area contributed by atoms with Crippen LogP contribution in [0.4, 0.5) is 13.2 Å². The Morgan fingerprint density at radius 2 is 1.62 bits per heavy atom. The van der Waals surface area contributed by atoms with E-state index in [2.05, 4.69) is 0 Å². The van der Waals surface area contributed by atoms with Crippen LogP contribution >= 0.6 is 22.6 Å². The largest absolute Gasteiger partial charge is 0.416 e. The molecule has 0 aliphatic rings. The molecule has 0 fully saturated rings. The zero-order valence-corrected chi connectivity index (χ0v) is 9.32. The Labute approximate surface area is 88.3 Å². The Balaban J connectivity index is 3.35. The molecule has 4 heteroatoms. The van der Waals surface area contributed by atoms with Crippen LogP contribution in [0.2, 0.25) is 0 Å². The Bertz CT molecular complexity index is 328. The number of hydrogen-bond donors (Lipinski definition) is 0. The summed E-state index contributed by atoms with van der Waals surface area (Å²) in [6, 6.07) is 2.62. The molecule has 1 rings (SSSR count). The molecule has 0 saturated carbocycles. The monoisotopic (exact) mass is 300 g/mol. The Kier molecular flexibility index (Phi) is 2.89. The lowest BCUT2D eigenvalue weighted by Gasteiger charge is -2.12. The van der Waals surface area contributed by atoms with Crippen LogP contribution < -0.4 is 0 Å². The summed E-state index contributed by atoms with van der Waals surface area (Å²) in [7, 11) is 0. The number of rotatable bonds is 0. The van der Waals surface area contributed by atoms with Gasteiger partial charge >= 0.3 is 6.18 Å². The van der Waals surface area contributed by atoms with Crippen LogP contribution in [0.5, 0.6) is 0 Å². The van der Waals surface area contributed by atoms with Crippen LogP contribution in [0.25, 0.3) is 0 Å². The predicted octanol–water partition coefficient (Wildman–Crippen LogP) is 3.93. The smallest absolute Gasteiger partial charge is 0.166 e. The van der Waals surface area contributed by atoms with Crippen LogP contribution in [0.15, 0.2) is 12.1 Å². The molecule has 13 heavy (non-hydrogen) atoms. The molecule has 72 valence electrons. The van der Waals surface area contributed by atoms with Crippen molar-refractivity contribution < 1.29 is 13.2 Å². The lowest BCUT2D eigenvalue weighted by molar-refractivity contribution is -0.138. The van der Waals surface area contributed by atoms with Crippen molar-refractivity contribution in [2.45, 2.75) is 20.0 Å². The molecule has 0 heterocycles. The van der Waals surface area contributed by atoms with Gasteiger partial charge in [0.15, 0.2) is 0 Å². The third-order valence-corrected chi connectivity index (χ3v) is 3.20. The average molecular weight is 300 g/mol. The van der Waals surface area contributed by atoms with Crippen LogP contribution in [-0.4, -0.2) is 0 Å². The number of halogens is 4. The van der Waals surface area contributed by atoms with Gasteiger partial charge in [-0.15, -0.1) is 0 Å². The summed E-state index contributed by atoms with van der Waals surface area (Å²) in [5.41, 5.74) is 0.486. The van der Waals surface area contributed by atoms with E-state index in [1.165, 1.54) is 13.0 Å². The standard InChI is InChI=1S/C9H8F3I/c1-5-6(2)8(13)4-3-7(5)9(10,11)12/h3-4H,1-2H3. The van der Waals surface area contributed by atoms with E-state index >= 15 is 0 Å². The highest BCUT2D eigenvalue weighted by molar-refractivity contribution is 14.1. The SMILES string of the molecule is Cc1c(I)ccc(C(F)(F)F)c1C. The summed E-state index contributed by atoms with van der Waals surface area (Å²) >= 11 is 2.03. The highest BCUT2D eigenvalue weighted by Gasteiger charge is 2.32. The zero-order chi connectivity index (χ0) is 10.2. The maximum Gasteiger partial charge on any atom is 0.416 e. The van der Waals surface area contributed by atoms with Crippen molar-refractivity contribution in [2.24, 2.45) is 0 Å². The van der Waals surface area contributed by atoms with Crippen LogP contribution in [0.1, 0.15) is 16.7 Å².